The Hall–Kier alpha value is -0.940. The van der Waals surface area contributed by atoms with E-state index in [1.54, 1.807) is 0 Å². The second-order valence-corrected chi connectivity index (χ2v) is 7.69. The monoisotopic (exact) mass is 315 g/mol. The van der Waals surface area contributed by atoms with Crippen LogP contribution >= 0.6 is 0 Å². The van der Waals surface area contributed by atoms with Crippen molar-refractivity contribution in [3.8, 4) is 0 Å². The van der Waals surface area contributed by atoms with Crippen LogP contribution in [-0.2, 0) is 6.42 Å². The van der Waals surface area contributed by atoms with E-state index in [0.717, 1.165) is 39.0 Å². The van der Waals surface area contributed by atoms with E-state index in [1.807, 2.05) is 0 Å². The van der Waals surface area contributed by atoms with Gasteiger partial charge in [-0.2, -0.15) is 0 Å². The number of hydrogen-bond donors (Lipinski definition) is 1. The molecule has 1 spiro atoms. The first-order valence-corrected chi connectivity index (χ1v) is 9.12. The van der Waals surface area contributed by atoms with Crippen LogP contribution in [0.1, 0.15) is 18.9 Å². The molecule has 4 rings (SSSR count). The lowest BCUT2D eigenvalue weighted by atomic mass is 9.83. The average Bonchev–Trinajstić information content (AvgIpc) is 2.91. The van der Waals surface area contributed by atoms with Crippen LogP contribution in [0.3, 0.4) is 0 Å². The van der Waals surface area contributed by atoms with Crippen molar-refractivity contribution in [3.05, 3.63) is 35.9 Å². The first-order valence-electron chi connectivity index (χ1n) is 9.12. The average molecular weight is 315 g/mol. The summed E-state index contributed by atoms with van der Waals surface area (Å²) in [5.41, 5.74) is 1.73. The van der Waals surface area contributed by atoms with Crippen LogP contribution in [-0.4, -0.2) is 83.3 Å². The van der Waals surface area contributed by atoms with Crippen molar-refractivity contribution >= 4 is 0 Å². The zero-order valence-electron chi connectivity index (χ0n) is 14.2. The van der Waals surface area contributed by atoms with Gasteiger partial charge in [0.05, 0.1) is 11.6 Å². The van der Waals surface area contributed by atoms with Crippen LogP contribution in [0.25, 0.3) is 0 Å². The Morgan fingerprint density at radius 1 is 1.09 bits per heavy atom. The molecule has 0 bridgehead atoms. The Balaban J connectivity index is 1.43. The number of likely N-dealkylation sites (tertiary alicyclic amines) is 1. The van der Waals surface area contributed by atoms with Crippen molar-refractivity contribution in [1.29, 1.82) is 0 Å². The maximum Gasteiger partial charge on any atom is 0.0682 e. The highest BCUT2D eigenvalue weighted by Gasteiger charge is 2.55. The minimum Gasteiger partial charge on any atom is -0.392 e. The first-order chi connectivity index (χ1) is 11.2. The van der Waals surface area contributed by atoms with Crippen LogP contribution in [0.5, 0.6) is 0 Å². The van der Waals surface area contributed by atoms with E-state index in [-0.39, 0.29) is 6.10 Å². The van der Waals surface area contributed by atoms with E-state index in [1.165, 1.54) is 25.2 Å². The van der Waals surface area contributed by atoms with Crippen LogP contribution in [0, 0.1) is 0 Å². The van der Waals surface area contributed by atoms with Gasteiger partial charge in [-0.25, -0.2) is 0 Å². The molecule has 3 aliphatic rings. The fourth-order valence-electron chi connectivity index (χ4n) is 4.91. The molecule has 3 fully saturated rings. The second-order valence-electron chi connectivity index (χ2n) is 7.69. The number of fused-ring (bicyclic) bond motifs is 2. The molecule has 0 aliphatic carbocycles. The van der Waals surface area contributed by atoms with Gasteiger partial charge in [-0.15, -0.1) is 0 Å². The van der Waals surface area contributed by atoms with Crippen molar-refractivity contribution in [2.24, 2.45) is 0 Å². The SMILES string of the molecule is CCN1CC2(CN(CCc3ccccc3)CC3CC(O)CN32)C1. The topological polar surface area (TPSA) is 30.0 Å². The van der Waals surface area contributed by atoms with Gasteiger partial charge in [0.1, 0.15) is 0 Å². The molecule has 23 heavy (non-hydrogen) atoms. The number of likely N-dealkylation sites (N-methyl/N-ethyl adjacent to an activating group) is 1. The molecule has 1 aromatic rings. The van der Waals surface area contributed by atoms with E-state index in [2.05, 4.69) is 52.0 Å². The van der Waals surface area contributed by atoms with Crippen molar-refractivity contribution < 1.29 is 5.11 Å². The summed E-state index contributed by atoms with van der Waals surface area (Å²) >= 11 is 0. The highest BCUT2D eigenvalue weighted by atomic mass is 16.3. The van der Waals surface area contributed by atoms with Crippen LogP contribution in [0.2, 0.25) is 0 Å². The van der Waals surface area contributed by atoms with Gasteiger partial charge < -0.3 is 5.11 Å². The molecule has 3 heterocycles. The van der Waals surface area contributed by atoms with Gasteiger partial charge in [0.2, 0.25) is 0 Å². The van der Waals surface area contributed by atoms with E-state index < -0.39 is 0 Å². The number of hydrogen-bond acceptors (Lipinski definition) is 4. The number of rotatable bonds is 4. The van der Waals surface area contributed by atoms with Gasteiger partial charge in [0.25, 0.3) is 0 Å². The molecule has 126 valence electrons. The first kappa shape index (κ1) is 15.6. The zero-order chi connectivity index (χ0) is 15.9. The van der Waals surface area contributed by atoms with Crippen molar-refractivity contribution in [2.45, 2.75) is 37.5 Å². The third-order valence-corrected chi connectivity index (χ3v) is 6.03. The summed E-state index contributed by atoms with van der Waals surface area (Å²) in [5.74, 6) is 0. The summed E-state index contributed by atoms with van der Waals surface area (Å²) in [7, 11) is 0. The largest absolute Gasteiger partial charge is 0.392 e. The molecule has 3 saturated heterocycles. The molecule has 0 saturated carbocycles. The van der Waals surface area contributed by atoms with Crippen LogP contribution in [0.15, 0.2) is 30.3 Å². The third-order valence-electron chi connectivity index (χ3n) is 6.03. The molecule has 4 nitrogen and oxygen atoms in total. The van der Waals surface area contributed by atoms with E-state index >= 15 is 0 Å². The molecule has 1 N–H and O–H groups in total. The van der Waals surface area contributed by atoms with Crippen LogP contribution < -0.4 is 0 Å². The molecule has 2 atom stereocenters. The Labute approximate surface area is 139 Å². The second kappa shape index (κ2) is 6.17. The number of β-amino-alcohol motifs (C(OH)–C–C–N with tert-alkyl or cyclic N) is 1. The number of piperazine rings is 1. The molecule has 1 aromatic carbocycles. The summed E-state index contributed by atoms with van der Waals surface area (Å²) in [6.07, 6.45) is 1.96. The Morgan fingerprint density at radius 3 is 2.57 bits per heavy atom. The molecule has 0 aromatic heterocycles. The van der Waals surface area contributed by atoms with Gasteiger partial charge in [-0.3, -0.25) is 14.7 Å². The lowest BCUT2D eigenvalue weighted by Gasteiger charge is -2.61. The summed E-state index contributed by atoms with van der Waals surface area (Å²) in [6, 6.07) is 11.4. The highest BCUT2D eigenvalue weighted by molar-refractivity contribution is 5.16. The van der Waals surface area contributed by atoms with E-state index in [0.29, 0.717) is 11.6 Å². The predicted molar refractivity (Wildman–Crippen MR) is 92.5 cm³/mol. The van der Waals surface area contributed by atoms with Gasteiger partial charge >= 0.3 is 0 Å². The quantitative estimate of drug-likeness (QED) is 0.900. The molecule has 0 amide bonds. The fraction of sp³-hybridized carbons (Fsp3) is 0.684. The summed E-state index contributed by atoms with van der Waals surface area (Å²) in [5, 5.41) is 10.2. The smallest absolute Gasteiger partial charge is 0.0682 e. The minimum atomic E-state index is -0.123. The van der Waals surface area contributed by atoms with Gasteiger partial charge in [0, 0.05) is 45.3 Å². The number of nitrogens with zero attached hydrogens (tertiary/aromatic N) is 3. The molecule has 3 aliphatic heterocycles. The standard InChI is InChI=1S/C19H29N3O/c1-2-20-13-19(14-20)15-21(9-8-16-6-4-3-5-7-16)11-17-10-18(23)12-22(17)19/h3-7,17-18,23H,2,8-15H2,1H3. The summed E-state index contributed by atoms with van der Waals surface area (Å²) in [6.45, 7) is 10.1. The fourth-order valence-corrected chi connectivity index (χ4v) is 4.91. The Bertz CT molecular complexity index is 529. The molecule has 0 radical (unpaired) electrons. The highest BCUT2D eigenvalue weighted by Crippen LogP contribution is 2.38. The van der Waals surface area contributed by atoms with Gasteiger partial charge in [-0.1, -0.05) is 37.3 Å². The van der Waals surface area contributed by atoms with Crippen LogP contribution in [0.4, 0.5) is 0 Å². The van der Waals surface area contributed by atoms with E-state index in [9.17, 15) is 5.11 Å². The lowest BCUT2D eigenvalue weighted by molar-refractivity contribution is -0.111. The lowest BCUT2D eigenvalue weighted by Crippen LogP contribution is -2.78. The normalized spacial score (nSPS) is 31.2. The summed E-state index contributed by atoms with van der Waals surface area (Å²) < 4.78 is 0. The van der Waals surface area contributed by atoms with E-state index in [4.69, 9.17) is 0 Å². The molecule has 2 unspecified atom stereocenters. The van der Waals surface area contributed by atoms with Gasteiger partial charge in [0.15, 0.2) is 0 Å². The Kier molecular flexibility index (Phi) is 4.18. The number of aliphatic hydroxyl groups excluding tert-OH is 1. The van der Waals surface area contributed by atoms with Crippen molar-refractivity contribution in [2.75, 3.05) is 45.8 Å². The molecular formula is C19H29N3O. The van der Waals surface area contributed by atoms with Gasteiger partial charge in [-0.05, 0) is 24.9 Å². The molecular weight excluding hydrogens is 286 g/mol. The number of benzene rings is 1. The summed E-state index contributed by atoms with van der Waals surface area (Å²) in [4.78, 5) is 7.82. The van der Waals surface area contributed by atoms with Crippen molar-refractivity contribution in [1.82, 2.24) is 14.7 Å². The maximum atomic E-state index is 10.2. The van der Waals surface area contributed by atoms with Crippen molar-refractivity contribution in [3.63, 3.8) is 0 Å². The third kappa shape index (κ3) is 2.93. The predicted octanol–water partition coefficient (Wildman–Crippen LogP) is 1.05. The minimum absolute atomic E-state index is 0.123. The maximum absolute atomic E-state index is 10.2. The zero-order valence-corrected chi connectivity index (χ0v) is 14.2. The number of aliphatic hydroxyl groups is 1. The Morgan fingerprint density at radius 2 is 1.83 bits per heavy atom. The molecule has 4 heteroatoms.